The third-order valence-electron chi connectivity index (χ3n) is 2.29. The second-order valence-electron chi connectivity index (χ2n) is 3.53. The number of rotatable bonds is 4. The number of carboxylic acids is 1. The zero-order valence-corrected chi connectivity index (χ0v) is 9.34. The van der Waals surface area contributed by atoms with E-state index in [1.165, 1.54) is 12.1 Å². The van der Waals surface area contributed by atoms with Gasteiger partial charge < -0.3 is 9.84 Å². The molecule has 0 saturated heterocycles. The van der Waals surface area contributed by atoms with Crippen LogP contribution in [0.4, 0.5) is 4.39 Å². The number of aromatic nitrogens is 1. The van der Waals surface area contributed by atoms with Crippen molar-refractivity contribution in [3.63, 3.8) is 0 Å². The molecule has 2 aromatic rings. The van der Waals surface area contributed by atoms with Crippen LogP contribution in [-0.2, 0) is 6.61 Å². The van der Waals surface area contributed by atoms with Crippen LogP contribution in [0.1, 0.15) is 16.1 Å². The Kier molecular flexibility index (Phi) is 3.52. The lowest BCUT2D eigenvalue weighted by atomic mass is 10.2. The molecule has 1 N–H and O–H groups in total. The van der Waals surface area contributed by atoms with Gasteiger partial charge in [0.05, 0.1) is 5.69 Å². The van der Waals surface area contributed by atoms with Crippen molar-refractivity contribution in [2.24, 2.45) is 0 Å². The van der Waals surface area contributed by atoms with Crippen LogP contribution in [0, 0.1) is 5.82 Å². The van der Waals surface area contributed by atoms with Crippen LogP contribution in [0.3, 0.4) is 0 Å². The summed E-state index contributed by atoms with van der Waals surface area (Å²) in [6.45, 7) is 0.0879. The highest BCUT2D eigenvalue weighted by molar-refractivity contribution is 5.91. The third kappa shape index (κ3) is 2.63. The van der Waals surface area contributed by atoms with Crippen molar-refractivity contribution in [3.8, 4) is 5.75 Å². The number of carbonyl (C=O) groups is 1. The monoisotopic (exact) mass is 247 g/mol. The molecule has 2 rings (SSSR count). The van der Waals surface area contributed by atoms with Crippen LogP contribution in [0.15, 0.2) is 42.6 Å². The van der Waals surface area contributed by atoms with Gasteiger partial charge in [-0.05, 0) is 24.3 Å². The Hall–Kier alpha value is -2.43. The van der Waals surface area contributed by atoms with Crippen molar-refractivity contribution in [2.75, 3.05) is 0 Å². The molecule has 0 fully saturated rings. The first kappa shape index (κ1) is 12.0. The Bertz CT molecular complexity index is 557. The molecule has 0 aliphatic heterocycles. The number of hydrogen-bond acceptors (Lipinski definition) is 3. The zero-order valence-electron chi connectivity index (χ0n) is 9.34. The summed E-state index contributed by atoms with van der Waals surface area (Å²) in [6.07, 6.45) is 1.60. The molecule has 4 nitrogen and oxygen atoms in total. The standard InChI is InChI=1S/C13H10FNO3/c14-10-5-3-6-11(12(10)13(16)17)18-8-9-4-1-2-7-15-9/h1-7H,8H2,(H,16,17). The molecular formula is C13H10FNO3. The molecule has 0 amide bonds. The number of ether oxygens (including phenoxy) is 1. The van der Waals surface area contributed by atoms with Crippen LogP contribution >= 0.6 is 0 Å². The van der Waals surface area contributed by atoms with Crippen molar-refractivity contribution in [1.82, 2.24) is 4.98 Å². The van der Waals surface area contributed by atoms with Crippen LogP contribution < -0.4 is 4.74 Å². The SMILES string of the molecule is O=C(O)c1c(F)cccc1OCc1ccccn1. The van der Waals surface area contributed by atoms with Crippen LogP contribution in [-0.4, -0.2) is 16.1 Å². The van der Waals surface area contributed by atoms with Crippen molar-refractivity contribution in [1.29, 1.82) is 0 Å². The first-order valence-electron chi connectivity index (χ1n) is 5.23. The van der Waals surface area contributed by atoms with E-state index in [4.69, 9.17) is 9.84 Å². The smallest absolute Gasteiger partial charge is 0.342 e. The van der Waals surface area contributed by atoms with Gasteiger partial charge in [0.1, 0.15) is 23.7 Å². The van der Waals surface area contributed by atoms with E-state index in [1.54, 1.807) is 24.4 Å². The minimum absolute atomic E-state index is 0.00634. The largest absolute Gasteiger partial charge is 0.486 e. The van der Waals surface area contributed by atoms with Gasteiger partial charge in [-0.15, -0.1) is 0 Å². The van der Waals surface area contributed by atoms with Crippen LogP contribution in [0.25, 0.3) is 0 Å². The zero-order chi connectivity index (χ0) is 13.0. The predicted molar refractivity (Wildman–Crippen MR) is 61.9 cm³/mol. The van der Waals surface area contributed by atoms with Crippen molar-refractivity contribution < 1.29 is 19.0 Å². The van der Waals surface area contributed by atoms with E-state index in [0.717, 1.165) is 6.07 Å². The Labute approximate surface area is 103 Å². The normalized spacial score (nSPS) is 10.1. The highest BCUT2D eigenvalue weighted by Crippen LogP contribution is 2.22. The number of benzene rings is 1. The van der Waals surface area contributed by atoms with Gasteiger partial charge >= 0.3 is 5.97 Å². The van der Waals surface area contributed by atoms with Crippen molar-refractivity contribution >= 4 is 5.97 Å². The lowest BCUT2D eigenvalue weighted by Crippen LogP contribution is -2.06. The van der Waals surface area contributed by atoms with Gasteiger partial charge in [-0.2, -0.15) is 0 Å². The molecule has 0 aliphatic carbocycles. The van der Waals surface area contributed by atoms with Gasteiger partial charge in [-0.25, -0.2) is 9.18 Å². The number of hydrogen-bond donors (Lipinski definition) is 1. The molecular weight excluding hydrogens is 237 g/mol. The number of nitrogens with zero attached hydrogens (tertiary/aromatic N) is 1. The Morgan fingerprint density at radius 3 is 2.78 bits per heavy atom. The second-order valence-corrected chi connectivity index (χ2v) is 3.53. The molecule has 1 aromatic carbocycles. The summed E-state index contributed by atoms with van der Waals surface area (Å²) in [5, 5.41) is 8.91. The van der Waals surface area contributed by atoms with E-state index in [-0.39, 0.29) is 12.4 Å². The Balaban J connectivity index is 2.20. The summed E-state index contributed by atoms with van der Waals surface area (Å²) in [5.74, 6) is -2.18. The number of aromatic carboxylic acids is 1. The summed E-state index contributed by atoms with van der Waals surface area (Å²) in [4.78, 5) is 14.9. The number of pyridine rings is 1. The van der Waals surface area contributed by atoms with Crippen LogP contribution in [0.5, 0.6) is 5.75 Å². The minimum Gasteiger partial charge on any atom is -0.486 e. The quantitative estimate of drug-likeness (QED) is 0.901. The summed E-state index contributed by atoms with van der Waals surface area (Å²) in [7, 11) is 0. The van der Waals surface area contributed by atoms with Gasteiger partial charge in [-0.1, -0.05) is 12.1 Å². The predicted octanol–water partition coefficient (Wildman–Crippen LogP) is 2.50. The average Bonchev–Trinajstić information content (AvgIpc) is 2.37. The van der Waals surface area contributed by atoms with Crippen molar-refractivity contribution in [2.45, 2.75) is 6.61 Å². The highest BCUT2D eigenvalue weighted by atomic mass is 19.1. The van der Waals surface area contributed by atoms with Crippen molar-refractivity contribution in [3.05, 3.63) is 59.7 Å². The first-order chi connectivity index (χ1) is 8.68. The summed E-state index contributed by atoms with van der Waals surface area (Å²) in [6, 6.07) is 9.17. The summed E-state index contributed by atoms with van der Waals surface area (Å²) in [5.41, 5.74) is 0.173. The lowest BCUT2D eigenvalue weighted by molar-refractivity contribution is 0.0686. The van der Waals surface area contributed by atoms with Gasteiger partial charge in [0.2, 0.25) is 0 Å². The maximum absolute atomic E-state index is 13.4. The average molecular weight is 247 g/mol. The maximum Gasteiger partial charge on any atom is 0.342 e. The highest BCUT2D eigenvalue weighted by Gasteiger charge is 2.16. The fourth-order valence-corrected chi connectivity index (χ4v) is 1.47. The lowest BCUT2D eigenvalue weighted by Gasteiger charge is -2.09. The molecule has 18 heavy (non-hydrogen) atoms. The van der Waals surface area contributed by atoms with E-state index in [2.05, 4.69) is 4.98 Å². The molecule has 1 aromatic heterocycles. The molecule has 0 spiro atoms. The summed E-state index contributed by atoms with van der Waals surface area (Å²) < 4.78 is 18.6. The Morgan fingerprint density at radius 1 is 1.28 bits per heavy atom. The van der Waals surface area contributed by atoms with Gasteiger partial charge in [-0.3, -0.25) is 4.98 Å². The minimum atomic E-state index is -1.36. The molecule has 5 heteroatoms. The molecule has 1 heterocycles. The van der Waals surface area contributed by atoms with E-state index in [1.807, 2.05) is 0 Å². The van der Waals surface area contributed by atoms with E-state index >= 15 is 0 Å². The molecule has 0 bridgehead atoms. The first-order valence-corrected chi connectivity index (χ1v) is 5.23. The molecule has 0 atom stereocenters. The Morgan fingerprint density at radius 2 is 2.11 bits per heavy atom. The molecule has 0 radical (unpaired) electrons. The van der Waals surface area contributed by atoms with Gasteiger partial charge in [0, 0.05) is 6.20 Å². The number of carboxylic acid groups (broad SMARTS) is 1. The topological polar surface area (TPSA) is 59.4 Å². The molecule has 0 saturated carbocycles. The van der Waals surface area contributed by atoms with Crippen LogP contribution in [0.2, 0.25) is 0 Å². The molecule has 0 unspecified atom stereocenters. The van der Waals surface area contributed by atoms with E-state index in [0.29, 0.717) is 5.69 Å². The van der Waals surface area contributed by atoms with Gasteiger partial charge in [0.25, 0.3) is 0 Å². The summed E-state index contributed by atoms with van der Waals surface area (Å²) >= 11 is 0. The maximum atomic E-state index is 13.4. The molecule has 0 aliphatic rings. The second kappa shape index (κ2) is 5.27. The third-order valence-corrected chi connectivity index (χ3v) is 2.29. The van der Waals surface area contributed by atoms with E-state index in [9.17, 15) is 9.18 Å². The number of halogens is 1. The van der Waals surface area contributed by atoms with E-state index < -0.39 is 17.3 Å². The fraction of sp³-hybridized carbons (Fsp3) is 0.0769. The fourth-order valence-electron chi connectivity index (χ4n) is 1.47. The molecule has 92 valence electrons. The van der Waals surface area contributed by atoms with Gasteiger partial charge in [0.15, 0.2) is 0 Å².